The number of aryl methyl sites for hydroxylation is 1. The zero-order valence-corrected chi connectivity index (χ0v) is 12.7. The lowest BCUT2D eigenvalue weighted by atomic mass is 9.91. The zero-order chi connectivity index (χ0) is 15.2. The van der Waals surface area contributed by atoms with Crippen LogP contribution < -0.4 is 10.6 Å². The predicted molar refractivity (Wildman–Crippen MR) is 81.5 cm³/mol. The van der Waals surface area contributed by atoms with E-state index in [2.05, 4.69) is 17.6 Å². The molecular weight excluding hydrogens is 252 g/mol. The molecule has 0 spiro atoms. The summed E-state index contributed by atoms with van der Waals surface area (Å²) in [7, 11) is 0. The molecule has 1 aromatic carbocycles. The first kappa shape index (κ1) is 16.2. The molecule has 0 saturated heterocycles. The molecule has 0 bridgehead atoms. The van der Waals surface area contributed by atoms with E-state index in [0.29, 0.717) is 12.2 Å². The second-order valence-corrected chi connectivity index (χ2v) is 5.56. The van der Waals surface area contributed by atoms with Crippen molar-refractivity contribution in [2.24, 2.45) is 5.41 Å². The highest BCUT2D eigenvalue weighted by Gasteiger charge is 2.35. The lowest BCUT2D eigenvalue weighted by molar-refractivity contribution is -0.138. The van der Waals surface area contributed by atoms with Crippen LogP contribution in [0.15, 0.2) is 24.3 Å². The summed E-state index contributed by atoms with van der Waals surface area (Å²) >= 11 is 0. The van der Waals surface area contributed by atoms with Crippen molar-refractivity contribution in [2.45, 2.75) is 40.5 Å². The molecule has 1 rings (SSSR count). The summed E-state index contributed by atoms with van der Waals surface area (Å²) in [6.45, 7) is 7.90. The van der Waals surface area contributed by atoms with E-state index in [1.54, 1.807) is 13.8 Å². The molecule has 0 aliphatic rings. The lowest BCUT2D eigenvalue weighted by Gasteiger charge is -2.22. The number of benzene rings is 1. The minimum Gasteiger partial charge on any atom is -0.355 e. The Hall–Kier alpha value is -1.84. The Bertz CT molecular complexity index is 481. The van der Waals surface area contributed by atoms with Gasteiger partial charge in [-0.25, -0.2) is 0 Å². The van der Waals surface area contributed by atoms with E-state index in [-0.39, 0.29) is 11.8 Å². The van der Waals surface area contributed by atoms with Crippen LogP contribution in [0.25, 0.3) is 0 Å². The monoisotopic (exact) mass is 276 g/mol. The quantitative estimate of drug-likeness (QED) is 0.620. The third kappa shape index (κ3) is 4.37. The average molecular weight is 276 g/mol. The van der Waals surface area contributed by atoms with Gasteiger partial charge in [0.05, 0.1) is 0 Å². The van der Waals surface area contributed by atoms with E-state index >= 15 is 0 Å². The molecular formula is C16H24N2O2. The largest absolute Gasteiger partial charge is 0.355 e. The first-order chi connectivity index (χ1) is 9.37. The number of hydrogen-bond acceptors (Lipinski definition) is 2. The summed E-state index contributed by atoms with van der Waals surface area (Å²) in [6, 6.07) is 7.52. The van der Waals surface area contributed by atoms with E-state index in [4.69, 9.17) is 0 Å². The Kier molecular flexibility index (Phi) is 5.74. The Morgan fingerprint density at radius 1 is 1.20 bits per heavy atom. The van der Waals surface area contributed by atoms with Gasteiger partial charge in [-0.1, -0.05) is 25.5 Å². The molecule has 0 aromatic heterocycles. The molecule has 4 heteroatoms. The molecule has 0 aliphatic carbocycles. The number of nitrogens with one attached hydrogen (secondary N) is 2. The molecule has 0 fully saturated rings. The third-order valence-electron chi connectivity index (χ3n) is 3.23. The van der Waals surface area contributed by atoms with E-state index in [1.165, 1.54) is 0 Å². The van der Waals surface area contributed by atoms with Crippen molar-refractivity contribution in [3.05, 3.63) is 29.8 Å². The van der Waals surface area contributed by atoms with E-state index < -0.39 is 5.41 Å². The van der Waals surface area contributed by atoms with Crippen molar-refractivity contribution in [3.63, 3.8) is 0 Å². The number of unbranched alkanes of at least 4 members (excludes halogenated alkanes) is 1. The third-order valence-corrected chi connectivity index (χ3v) is 3.23. The number of carbonyl (C=O) groups is 2. The molecule has 0 radical (unpaired) electrons. The fourth-order valence-electron chi connectivity index (χ4n) is 1.71. The Balaban J connectivity index is 2.66. The fraction of sp³-hybridized carbons (Fsp3) is 0.500. The minimum atomic E-state index is -1.09. The highest BCUT2D eigenvalue weighted by atomic mass is 16.2. The van der Waals surface area contributed by atoms with Crippen LogP contribution in [0.4, 0.5) is 5.69 Å². The number of carbonyl (C=O) groups excluding carboxylic acids is 2. The highest BCUT2D eigenvalue weighted by Crippen LogP contribution is 2.19. The maximum atomic E-state index is 12.2. The van der Waals surface area contributed by atoms with Crippen LogP contribution in [-0.4, -0.2) is 18.4 Å². The van der Waals surface area contributed by atoms with Crippen molar-refractivity contribution in [3.8, 4) is 0 Å². The van der Waals surface area contributed by atoms with Crippen LogP contribution in [0.5, 0.6) is 0 Å². The molecule has 0 heterocycles. The van der Waals surface area contributed by atoms with Gasteiger partial charge in [-0.3, -0.25) is 9.59 Å². The van der Waals surface area contributed by atoms with Gasteiger partial charge in [0.15, 0.2) is 0 Å². The Labute approximate surface area is 121 Å². The SMILES string of the molecule is CCCCNC(=O)C(C)(C)C(=O)Nc1cccc(C)c1. The molecule has 4 nitrogen and oxygen atoms in total. The van der Waals surface area contributed by atoms with Crippen molar-refractivity contribution < 1.29 is 9.59 Å². The zero-order valence-electron chi connectivity index (χ0n) is 12.7. The minimum absolute atomic E-state index is 0.240. The van der Waals surface area contributed by atoms with E-state index in [0.717, 1.165) is 18.4 Å². The maximum Gasteiger partial charge on any atom is 0.239 e. The summed E-state index contributed by atoms with van der Waals surface area (Å²) in [6.07, 6.45) is 1.93. The average Bonchev–Trinajstić information content (AvgIpc) is 2.38. The van der Waals surface area contributed by atoms with E-state index in [1.807, 2.05) is 31.2 Å². The molecule has 20 heavy (non-hydrogen) atoms. The standard InChI is InChI=1S/C16H24N2O2/c1-5-6-10-17-14(19)16(3,4)15(20)18-13-9-7-8-12(2)11-13/h7-9,11H,5-6,10H2,1-4H3,(H,17,19)(H,18,20). The van der Waals surface area contributed by atoms with Crippen molar-refractivity contribution in [1.29, 1.82) is 0 Å². The lowest BCUT2D eigenvalue weighted by Crippen LogP contribution is -2.45. The molecule has 0 atom stereocenters. The summed E-state index contributed by atoms with van der Waals surface area (Å²) in [4.78, 5) is 24.3. The van der Waals surface area contributed by atoms with Gasteiger partial charge in [0.25, 0.3) is 0 Å². The first-order valence-electron chi connectivity index (χ1n) is 7.04. The van der Waals surface area contributed by atoms with Crippen molar-refractivity contribution >= 4 is 17.5 Å². The van der Waals surface area contributed by atoms with Crippen LogP contribution in [-0.2, 0) is 9.59 Å². The van der Waals surface area contributed by atoms with Crippen molar-refractivity contribution in [1.82, 2.24) is 5.32 Å². The van der Waals surface area contributed by atoms with Crippen LogP contribution in [0.2, 0.25) is 0 Å². The normalized spacial score (nSPS) is 11.0. The second kappa shape index (κ2) is 7.08. The van der Waals surface area contributed by atoms with Gasteiger partial charge >= 0.3 is 0 Å². The number of amides is 2. The van der Waals surface area contributed by atoms with Crippen LogP contribution >= 0.6 is 0 Å². The molecule has 0 unspecified atom stereocenters. The van der Waals surface area contributed by atoms with Gasteiger partial charge in [-0.15, -0.1) is 0 Å². The Morgan fingerprint density at radius 2 is 1.90 bits per heavy atom. The van der Waals surface area contributed by atoms with Gasteiger partial charge < -0.3 is 10.6 Å². The number of anilines is 1. The predicted octanol–water partition coefficient (Wildman–Crippen LogP) is 2.88. The van der Waals surface area contributed by atoms with Gasteiger partial charge in [0.2, 0.25) is 11.8 Å². The highest BCUT2D eigenvalue weighted by molar-refractivity contribution is 6.09. The molecule has 0 aliphatic heterocycles. The van der Waals surface area contributed by atoms with Crippen molar-refractivity contribution in [2.75, 3.05) is 11.9 Å². The molecule has 2 N–H and O–H groups in total. The van der Waals surface area contributed by atoms with Crippen LogP contribution in [0.1, 0.15) is 39.2 Å². The fourth-order valence-corrected chi connectivity index (χ4v) is 1.71. The summed E-state index contributed by atoms with van der Waals surface area (Å²) in [5, 5.41) is 5.60. The topological polar surface area (TPSA) is 58.2 Å². The smallest absolute Gasteiger partial charge is 0.239 e. The summed E-state index contributed by atoms with van der Waals surface area (Å²) in [5.41, 5.74) is 0.690. The first-order valence-corrected chi connectivity index (χ1v) is 7.04. The molecule has 1 aromatic rings. The van der Waals surface area contributed by atoms with Crippen LogP contribution in [0, 0.1) is 12.3 Å². The van der Waals surface area contributed by atoms with Crippen LogP contribution in [0.3, 0.4) is 0 Å². The van der Waals surface area contributed by atoms with E-state index in [9.17, 15) is 9.59 Å². The van der Waals surface area contributed by atoms with Gasteiger partial charge in [0.1, 0.15) is 5.41 Å². The molecule has 0 saturated carbocycles. The van der Waals surface area contributed by atoms with Gasteiger partial charge in [-0.05, 0) is 44.9 Å². The van der Waals surface area contributed by atoms with Gasteiger partial charge in [0, 0.05) is 12.2 Å². The second-order valence-electron chi connectivity index (χ2n) is 5.56. The molecule has 110 valence electrons. The number of hydrogen-bond donors (Lipinski definition) is 2. The Morgan fingerprint density at radius 3 is 2.50 bits per heavy atom. The molecule has 2 amide bonds. The summed E-state index contributed by atoms with van der Waals surface area (Å²) in [5.74, 6) is -0.534. The number of rotatable bonds is 6. The van der Waals surface area contributed by atoms with Gasteiger partial charge in [-0.2, -0.15) is 0 Å². The maximum absolute atomic E-state index is 12.2. The summed E-state index contributed by atoms with van der Waals surface area (Å²) < 4.78 is 0.